The Labute approximate surface area is 105 Å². The van der Waals surface area contributed by atoms with Gasteiger partial charge < -0.3 is 10.1 Å². The molecule has 3 rings (SSSR count). The maximum Gasteiger partial charge on any atom is 0.0754 e. The molecule has 3 fully saturated rings. The molecular formula is C15H27NO. The number of nitrogens with one attached hydrogen (secondary N) is 1. The molecule has 0 spiro atoms. The SMILES string of the molecule is CNC(CC1CC2CCC1C2)C1OCCC1C. The van der Waals surface area contributed by atoms with Gasteiger partial charge in [0, 0.05) is 12.6 Å². The smallest absolute Gasteiger partial charge is 0.0754 e. The summed E-state index contributed by atoms with van der Waals surface area (Å²) in [6.45, 7) is 3.32. The predicted octanol–water partition coefficient (Wildman–Crippen LogP) is 2.83. The summed E-state index contributed by atoms with van der Waals surface area (Å²) in [7, 11) is 2.12. The molecule has 3 aliphatic rings. The third kappa shape index (κ3) is 2.26. The summed E-state index contributed by atoms with van der Waals surface area (Å²) >= 11 is 0. The summed E-state index contributed by atoms with van der Waals surface area (Å²) in [5.41, 5.74) is 0. The molecule has 0 aromatic heterocycles. The van der Waals surface area contributed by atoms with Crippen molar-refractivity contribution in [2.24, 2.45) is 23.7 Å². The van der Waals surface area contributed by atoms with Crippen molar-refractivity contribution in [3.63, 3.8) is 0 Å². The molecule has 6 unspecified atom stereocenters. The first-order valence-corrected chi connectivity index (χ1v) is 7.56. The summed E-state index contributed by atoms with van der Waals surface area (Å²) < 4.78 is 5.95. The van der Waals surface area contributed by atoms with E-state index >= 15 is 0 Å². The maximum atomic E-state index is 5.95. The molecular weight excluding hydrogens is 210 g/mol. The summed E-state index contributed by atoms with van der Waals surface area (Å²) in [4.78, 5) is 0. The first-order valence-electron chi connectivity index (χ1n) is 7.56. The molecule has 1 heterocycles. The molecule has 2 nitrogen and oxygen atoms in total. The van der Waals surface area contributed by atoms with Crippen LogP contribution >= 0.6 is 0 Å². The third-order valence-electron chi connectivity index (χ3n) is 5.65. The highest BCUT2D eigenvalue weighted by Gasteiger charge is 2.42. The van der Waals surface area contributed by atoms with E-state index < -0.39 is 0 Å². The van der Waals surface area contributed by atoms with Crippen LogP contribution in [0.2, 0.25) is 0 Å². The van der Waals surface area contributed by atoms with Gasteiger partial charge in [0.1, 0.15) is 0 Å². The summed E-state index contributed by atoms with van der Waals surface area (Å²) in [6.07, 6.45) is 9.13. The Hall–Kier alpha value is -0.0800. The molecule has 6 atom stereocenters. The van der Waals surface area contributed by atoms with Crippen molar-refractivity contribution in [3.8, 4) is 0 Å². The minimum Gasteiger partial charge on any atom is -0.376 e. The monoisotopic (exact) mass is 237 g/mol. The zero-order chi connectivity index (χ0) is 11.8. The fourth-order valence-corrected chi connectivity index (χ4v) is 4.64. The molecule has 2 bridgehead atoms. The van der Waals surface area contributed by atoms with Crippen molar-refractivity contribution in [3.05, 3.63) is 0 Å². The molecule has 2 saturated carbocycles. The average Bonchev–Trinajstić information content (AvgIpc) is 3.02. The molecule has 0 radical (unpaired) electrons. The van der Waals surface area contributed by atoms with Gasteiger partial charge in [0.25, 0.3) is 0 Å². The Morgan fingerprint density at radius 3 is 2.65 bits per heavy atom. The highest BCUT2D eigenvalue weighted by Crippen LogP contribution is 2.50. The van der Waals surface area contributed by atoms with E-state index in [0.717, 1.165) is 30.3 Å². The first kappa shape index (κ1) is 12.0. The lowest BCUT2D eigenvalue weighted by atomic mass is 9.81. The average molecular weight is 237 g/mol. The molecule has 0 amide bonds. The van der Waals surface area contributed by atoms with E-state index in [4.69, 9.17) is 4.74 Å². The van der Waals surface area contributed by atoms with E-state index in [1.54, 1.807) is 0 Å². The van der Waals surface area contributed by atoms with Gasteiger partial charge in [0.15, 0.2) is 0 Å². The van der Waals surface area contributed by atoms with E-state index in [0.29, 0.717) is 12.1 Å². The van der Waals surface area contributed by atoms with Crippen LogP contribution < -0.4 is 5.32 Å². The highest BCUT2D eigenvalue weighted by atomic mass is 16.5. The number of hydrogen-bond donors (Lipinski definition) is 1. The number of likely N-dealkylation sites (N-methyl/N-ethyl adjacent to an activating group) is 1. The Morgan fingerprint density at radius 1 is 1.24 bits per heavy atom. The van der Waals surface area contributed by atoms with Crippen molar-refractivity contribution in [1.82, 2.24) is 5.32 Å². The lowest BCUT2D eigenvalue weighted by Gasteiger charge is -2.31. The van der Waals surface area contributed by atoms with Crippen molar-refractivity contribution in [1.29, 1.82) is 0 Å². The molecule has 0 aromatic rings. The zero-order valence-electron chi connectivity index (χ0n) is 11.3. The normalized spacial score (nSPS) is 46.6. The number of rotatable bonds is 4. The standard InChI is InChI=1S/C15H27NO/c1-10-5-6-17-15(10)14(16-2)9-13-8-11-3-4-12(13)7-11/h10-16H,3-9H2,1-2H3. The van der Waals surface area contributed by atoms with E-state index in [-0.39, 0.29) is 0 Å². The molecule has 2 aliphatic carbocycles. The molecule has 17 heavy (non-hydrogen) atoms. The molecule has 0 aromatic carbocycles. The van der Waals surface area contributed by atoms with E-state index in [9.17, 15) is 0 Å². The van der Waals surface area contributed by atoms with Crippen LogP contribution in [0.25, 0.3) is 0 Å². The van der Waals surface area contributed by atoms with Gasteiger partial charge in [0.05, 0.1) is 6.10 Å². The van der Waals surface area contributed by atoms with Crippen LogP contribution in [0.1, 0.15) is 45.4 Å². The Bertz CT molecular complexity index is 268. The van der Waals surface area contributed by atoms with Crippen LogP contribution in [0, 0.1) is 23.7 Å². The topological polar surface area (TPSA) is 21.3 Å². The van der Waals surface area contributed by atoms with Gasteiger partial charge >= 0.3 is 0 Å². The molecule has 2 heteroatoms. The Morgan fingerprint density at radius 2 is 2.12 bits per heavy atom. The van der Waals surface area contributed by atoms with Gasteiger partial charge in [-0.05, 0) is 62.8 Å². The second kappa shape index (κ2) is 4.89. The fourth-order valence-electron chi connectivity index (χ4n) is 4.64. The van der Waals surface area contributed by atoms with Crippen LogP contribution in [0.15, 0.2) is 0 Å². The zero-order valence-corrected chi connectivity index (χ0v) is 11.3. The van der Waals surface area contributed by atoms with E-state index in [2.05, 4.69) is 19.3 Å². The molecule has 1 aliphatic heterocycles. The second-order valence-corrected chi connectivity index (χ2v) is 6.67. The van der Waals surface area contributed by atoms with Crippen LogP contribution in [0.4, 0.5) is 0 Å². The van der Waals surface area contributed by atoms with Crippen LogP contribution in [0.5, 0.6) is 0 Å². The number of hydrogen-bond acceptors (Lipinski definition) is 2. The van der Waals surface area contributed by atoms with Gasteiger partial charge in [-0.3, -0.25) is 0 Å². The maximum absolute atomic E-state index is 5.95. The van der Waals surface area contributed by atoms with Crippen molar-refractivity contribution < 1.29 is 4.74 Å². The summed E-state index contributed by atoms with van der Waals surface area (Å²) in [5, 5.41) is 3.54. The number of fused-ring (bicyclic) bond motifs is 2. The Balaban J connectivity index is 1.58. The summed E-state index contributed by atoms with van der Waals surface area (Å²) in [5.74, 6) is 3.85. The molecule has 1 N–H and O–H groups in total. The van der Waals surface area contributed by atoms with Crippen molar-refractivity contribution in [2.45, 2.75) is 57.6 Å². The minimum absolute atomic E-state index is 0.471. The van der Waals surface area contributed by atoms with Gasteiger partial charge in [0.2, 0.25) is 0 Å². The van der Waals surface area contributed by atoms with E-state index in [1.807, 2.05) is 0 Å². The third-order valence-corrected chi connectivity index (χ3v) is 5.65. The van der Waals surface area contributed by atoms with Gasteiger partial charge in [-0.25, -0.2) is 0 Å². The van der Waals surface area contributed by atoms with Crippen LogP contribution in [-0.2, 0) is 4.74 Å². The van der Waals surface area contributed by atoms with Crippen molar-refractivity contribution >= 4 is 0 Å². The highest BCUT2D eigenvalue weighted by molar-refractivity contribution is 4.94. The lowest BCUT2D eigenvalue weighted by molar-refractivity contribution is 0.0516. The lowest BCUT2D eigenvalue weighted by Crippen LogP contribution is -2.42. The first-order chi connectivity index (χ1) is 8.28. The van der Waals surface area contributed by atoms with Crippen LogP contribution in [-0.4, -0.2) is 25.8 Å². The largest absolute Gasteiger partial charge is 0.376 e. The molecule has 1 saturated heterocycles. The van der Waals surface area contributed by atoms with Gasteiger partial charge in [-0.2, -0.15) is 0 Å². The second-order valence-electron chi connectivity index (χ2n) is 6.67. The van der Waals surface area contributed by atoms with E-state index in [1.165, 1.54) is 38.5 Å². The fraction of sp³-hybridized carbons (Fsp3) is 1.00. The predicted molar refractivity (Wildman–Crippen MR) is 69.9 cm³/mol. The van der Waals surface area contributed by atoms with Gasteiger partial charge in [-0.15, -0.1) is 0 Å². The minimum atomic E-state index is 0.471. The van der Waals surface area contributed by atoms with Crippen molar-refractivity contribution in [2.75, 3.05) is 13.7 Å². The summed E-state index contributed by atoms with van der Waals surface area (Å²) in [6, 6.07) is 0.594. The molecule has 98 valence electrons. The van der Waals surface area contributed by atoms with Gasteiger partial charge in [-0.1, -0.05) is 13.3 Å². The quantitative estimate of drug-likeness (QED) is 0.812. The number of ether oxygens (including phenoxy) is 1. The van der Waals surface area contributed by atoms with Crippen LogP contribution in [0.3, 0.4) is 0 Å². The Kier molecular flexibility index (Phi) is 3.45.